The highest BCUT2D eigenvalue weighted by molar-refractivity contribution is 14.1. The number of aromatic nitrogens is 1. The highest BCUT2D eigenvalue weighted by Gasteiger charge is 2.21. The number of rotatable bonds is 2. The molecular formula is C7H4ClF2IN2O. The molecule has 1 rings (SSSR count). The van der Waals surface area contributed by atoms with Crippen molar-refractivity contribution in [2.45, 2.75) is 6.43 Å². The maximum atomic E-state index is 12.5. The Morgan fingerprint density at radius 2 is 2.21 bits per heavy atom. The molecule has 0 aliphatic heterocycles. The van der Waals surface area contributed by atoms with E-state index in [1.165, 1.54) is 0 Å². The third kappa shape index (κ3) is 2.30. The van der Waals surface area contributed by atoms with Crippen molar-refractivity contribution < 1.29 is 13.6 Å². The molecule has 76 valence electrons. The average Bonchev–Trinajstić information content (AvgIpc) is 2.01. The molecule has 14 heavy (non-hydrogen) atoms. The highest BCUT2D eigenvalue weighted by atomic mass is 127. The molecular weight excluding hydrogens is 328 g/mol. The molecule has 7 heteroatoms. The summed E-state index contributed by atoms with van der Waals surface area (Å²) in [7, 11) is 0. The van der Waals surface area contributed by atoms with Crippen LogP contribution < -0.4 is 5.73 Å². The molecule has 0 aromatic carbocycles. The molecule has 0 radical (unpaired) electrons. The molecule has 3 nitrogen and oxygen atoms in total. The van der Waals surface area contributed by atoms with Gasteiger partial charge in [-0.05, 0) is 28.7 Å². The zero-order chi connectivity index (χ0) is 10.9. The summed E-state index contributed by atoms with van der Waals surface area (Å²) < 4.78 is 25.2. The van der Waals surface area contributed by atoms with Gasteiger partial charge in [0.2, 0.25) is 0 Å². The van der Waals surface area contributed by atoms with E-state index in [-0.39, 0.29) is 8.85 Å². The summed E-state index contributed by atoms with van der Waals surface area (Å²) in [6, 6.07) is 1.08. The minimum atomic E-state index is -2.80. The Balaban J connectivity index is 3.44. The molecule has 1 amide bonds. The molecule has 2 N–H and O–H groups in total. The van der Waals surface area contributed by atoms with Crippen molar-refractivity contribution in [1.29, 1.82) is 0 Å². The van der Waals surface area contributed by atoms with Gasteiger partial charge in [0.1, 0.15) is 8.85 Å². The van der Waals surface area contributed by atoms with Gasteiger partial charge in [0.15, 0.2) is 0 Å². The Labute approximate surface area is 96.8 Å². The zero-order valence-electron chi connectivity index (χ0n) is 6.60. The Hall–Kier alpha value is -0.500. The van der Waals surface area contributed by atoms with E-state index in [0.717, 1.165) is 6.07 Å². The lowest BCUT2D eigenvalue weighted by atomic mass is 10.1. The van der Waals surface area contributed by atoms with Crippen LogP contribution in [0.4, 0.5) is 8.78 Å². The normalized spacial score (nSPS) is 10.6. The predicted octanol–water partition coefficient (Wildman–Crippen LogP) is 2.38. The Bertz CT molecular complexity index is 386. The van der Waals surface area contributed by atoms with Crippen LogP contribution in [0.15, 0.2) is 6.07 Å². The minimum Gasteiger partial charge on any atom is -0.365 e. The number of alkyl halides is 2. The molecule has 0 aliphatic rings. The largest absolute Gasteiger partial charge is 0.365 e. The molecule has 0 fully saturated rings. The van der Waals surface area contributed by atoms with Crippen LogP contribution in [0.3, 0.4) is 0 Å². The van der Waals surface area contributed by atoms with Crippen molar-refractivity contribution in [2.75, 3.05) is 0 Å². The third-order valence-corrected chi connectivity index (χ3v) is 2.28. The van der Waals surface area contributed by atoms with Crippen molar-refractivity contribution in [1.82, 2.24) is 4.98 Å². The molecule has 1 heterocycles. The number of hydrogen-bond donors (Lipinski definition) is 1. The van der Waals surface area contributed by atoms with Gasteiger partial charge >= 0.3 is 0 Å². The van der Waals surface area contributed by atoms with Gasteiger partial charge in [-0.3, -0.25) is 4.79 Å². The summed E-state index contributed by atoms with van der Waals surface area (Å²) in [4.78, 5) is 14.5. The van der Waals surface area contributed by atoms with Crippen LogP contribution in [-0.2, 0) is 0 Å². The van der Waals surface area contributed by atoms with Gasteiger partial charge < -0.3 is 5.73 Å². The van der Waals surface area contributed by atoms with Gasteiger partial charge in [0.05, 0.1) is 5.56 Å². The highest BCUT2D eigenvalue weighted by Crippen LogP contribution is 2.28. The quantitative estimate of drug-likeness (QED) is 0.668. The van der Waals surface area contributed by atoms with Crippen molar-refractivity contribution in [3.05, 3.63) is 26.0 Å². The second-order valence-electron chi connectivity index (χ2n) is 2.36. The molecule has 0 atom stereocenters. The molecule has 0 unspecified atom stereocenters. The number of nitrogens with two attached hydrogens (primary N) is 1. The predicted molar refractivity (Wildman–Crippen MR) is 55.4 cm³/mol. The first-order valence-corrected chi connectivity index (χ1v) is 4.83. The first-order chi connectivity index (χ1) is 6.43. The summed E-state index contributed by atoms with van der Waals surface area (Å²) >= 11 is 7.25. The maximum Gasteiger partial charge on any atom is 0.264 e. The Morgan fingerprint density at radius 1 is 1.64 bits per heavy atom. The van der Waals surface area contributed by atoms with Crippen LogP contribution in [-0.4, -0.2) is 10.9 Å². The summed E-state index contributed by atoms with van der Waals surface area (Å²) in [6.07, 6.45) is -2.80. The van der Waals surface area contributed by atoms with E-state index in [1.54, 1.807) is 22.6 Å². The van der Waals surface area contributed by atoms with E-state index < -0.39 is 23.5 Å². The monoisotopic (exact) mass is 332 g/mol. The second-order valence-corrected chi connectivity index (χ2v) is 3.83. The number of hydrogen-bond acceptors (Lipinski definition) is 2. The van der Waals surface area contributed by atoms with E-state index in [1.807, 2.05) is 0 Å². The Morgan fingerprint density at radius 3 is 2.64 bits per heavy atom. The fraction of sp³-hybridized carbons (Fsp3) is 0.143. The summed E-state index contributed by atoms with van der Waals surface area (Å²) in [5, 5.41) is -0.292. The topological polar surface area (TPSA) is 56.0 Å². The van der Waals surface area contributed by atoms with Crippen molar-refractivity contribution in [2.24, 2.45) is 5.73 Å². The number of amides is 1. The Kier molecular flexibility index (Phi) is 3.59. The van der Waals surface area contributed by atoms with E-state index in [0.29, 0.717) is 0 Å². The van der Waals surface area contributed by atoms with E-state index in [2.05, 4.69) is 4.98 Å². The number of halogens is 4. The fourth-order valence-electron chi connectivity index (χ4n) is 0.918. The third-order valence-electron chi connectivity index (χ3n) is 1.46. The van der Waals surface area contributed by atoms with Crippen molar-refractivity contribution >= 4 is 40.1 Å². The summed E-state index contributed by atoms with van der Waals surface area (Å²) in [5.41, 5.74) is 4.01. The van der Waals surface area contributed by atoms with Gasteiger partial charge in [-0.1, -0.05) is 11.6 Å². The number of carbonyl (C=O) groups is 1. The van der Waals surface area contributed by atoms with E-state index >= 15 is 0 Å². The summed E-state index contributed by atoms with van der Waals surface area (Å²) in [5.74, 6) is -1.01. The lowest BCUT2D eigenvalue weighted by molar-refractivity contribution is 0.0985. The number of nitrogens with zero attached hydrogens (tertiary/aromatic N) is 1. The van der Waals surface area contributed by atoms with Gasteiger partial charge in [0, 0.05) is 5.56 Å². The molecule has 0 spiro atoms. The molecule has 0 saturated carbocycles. The fourth-order valence-corrected chi connectivity index (χ4v) is 1.93. The number of primary amides is 1. The first-order valence-electron chi connectivity index (χ1n) is 3.37. The van der Waals surface area contributed by atoms with Crippen molar-refractivity contribution in [3.63, 3.8) is 0 Å². The summed E-state index contributed by atoms with van der Waals surface area (Å²) in [6.45, 7) is 0. The smallest absolute Gasteiger partial charge is 0.264 e. The lowest BCUT2D eigenvalue weighted by Gasteiger charge is -2.07. The van der Waals surface area contributed by atoms with Crippen LogP contribution in [0.2, 0.25) is 5.15 Å². The van der Waals surface area contributed by atoms with Gasteiger partial charge in [-0.2, -0.15) is 0 Å². The first kappa shape index (κ1) is 11.6. The van der Waals surface area contributed by atoms with Crippen LogP contribution in [0, 0.1) is 3.70 Å². The number of pyridine rings is 1. The maximum absolute atomic E-state index is 12.5. The van der Waals surface area contributed by atoms with Gasteiger partial charge in [0.25, 0.3) is 12.3 Å². The number of carbonyl (C=O) groups excluding carboxylic acids is 1. The molecule has 1 aromatic heterocycles. The van der Waals surface area contributed by atoms with E-state index in [4.69, 9.17) is 17.3 Å². The van der Waals surface area contributed by atoms with E-state index in [9.17, 15) is 13.6 Å². The molecule has 1 aromatic rings. The van der Waals surface area contributed by atoms with Crippen LogP contribution >= 0.6 is 34.2 Å². The zero-order valence-corrected chi connectivity index (χ0v) is 9.51. The SMILES string of the molecule is NC(=O)c1c(C(F)F)cc(I)nc1Cl. The van der Waals surface area contributed by atoms with Crippen LogP contribution in [0.1, 0.15) is 22.3 Å². The minimum absolute atomic E-state index is 0.285. The molecule has 0 saturated heterocycles. The molecule has 0 bridgehead atoms. The second kappa shape index (κ2) is 4.35. The molecule has 0 aliphatic carbocycles. The average molecular weight is 332 g/mol. The van der Waals surface area contributed by atoms with Gasteiger partial charge in [-0.25, -0.2) is 13.8 Å². The standard InChI is InChI=1S/C7H4ClF2IN2O/c8-5-4(7(12)14)2(6(9)10)1-3(11)13-5/h1,6H,(H2,12,14). The van der Waals surface area contributed by atoms with Gasteiger partial charge in [-0.15, -0.1) is 0 Å². The lowest BCUT2D eigenvalue weighted by Crippen LogP contribution is -2.16. The van der Waals surface area contributed by atoms with Crippen molar-refractivity contribution in [3.8, 4) is 0 Å². The van der Waals surface area contributed by atoms with Crippen LogP contribution in [0.5, 0.6) is 0 Å². The van der Waals surface area contributed by atoms with Crippen LogP contribution in [0.25, 0.3) is 0 Å².